The second-order valence-electron chi connectivity index (χ2n) is 5.03. The first-order valence-electron chi connectivity index (χ1n) is 6.97. The van der Waals surface area contributed by atoms with E-state index in [2.05, 4.69) is 9.71 Å². The van der Waals surface area contributed by atoms with E-state index < -0.39 is 10.0 Å². The van der Waals surface area contributed by atoms with Crippen molar-refractivity contribution in [3.63, 3.8) is 0 Å². The summed E-state index contributed by atoms with van der Waals surface area (Å²) in [5.74, 6) is 0.581. The molecule has 3 aromatic rings. The minimum Gasteiger partial charge on any atom is -0.441 e. The lowest BCUT2D eigenvalue weighted by Gasteiger charge is -2.08. The second-order valence-corrected chi connectivity index (χ2v) is 6.71. The molecule has 0 bridgehead atoms. The van der Waals surface area contributed by atoms with Gasteiger partial charge in [0.15, 0.2) is 11.5 Å². The van der Waals surface area contributed by atoms with E-state index in [-0.39, 0.29) is 4.90 Å². The molecule has 2 aromatic carbocycles. The highest BCUT2D eigenvalue weighted by molar-refractivity contribution is 7.92. The third-order valence-electron chi connectivity index (χ3n) is 3.34. The van der Waals surface area contributed by atoms with Crippen LogP contribution in [0.1, 0.15) is 18.4 Å². The monoisotopic (exact) mass is 316 g/mol. The molecule has 6 heteroatoms. The predicted molar refractivity (Wildman–Crippen MR) is 85.4 cm³/mol. The van der Waals surface area contributed by atoms with Gasteiger partial charge in [0.05, 0.1) is 10.6 Å². The maximum Gasteiger partial charge on any atom is 0.261 e. The van der Waals surface area contributed by atoms with Crippen LogP contribution in [0.4, 0.5) is 5.69 Å². The molecule has 0 atom stereocenters. The number of anilines is 1. The molecule has 0 aliphatic carbocycles. The first-order valence-corrected chi connectivity index (χ1v) is 8.46. The SMILES string of the molecule is CCc1nc2c(NS(=O)(=O)c3ccc(C)cc3)cccc2o1. The van der Waals surface area contributed by atoms with Gasteiger partial charge >= 0.3 is 0 Å². The number of aryl methyl sites for hydroxylation is 2. The van der Waals surface area contributed by atoms with Crippen molar-refractivity contribution < 1.29 is 12.8 Å². The van der Waals surface area contributed by atoms with Crippen molar-refractivity contribution in [2.45, 2.75) is 25.2 Å². The number of aromatic nitrogens is 1. The summed E-state index contributed by atoms with van der Waals surface area (Å²) in [5.41, 5.74) is 2.52. The molecular weight excluding hydrogens is 300 g/mol. The van der Waals surface area contributed by atoms with Crippen molar-refractivity contribution in [2.24, 2.45) is 0 Å². The standard InChI is InChI=1S/C16H16N2O3S/c1-3-15-17-16-13(5-4-6-14(16)21-15)18-22(19,20)12-9-7-11(2)8-10-12/h4-10,18H,3H2,1-2H3. The fraction of sp³-hybridized carbons (Fsp3) is 0.188. The molecule has 0 aliphatic rings. The van der Waals surface area contributed by atoms with E-state index in [1.165, 1.54) is 0 Å². The quantitative estimate of drug-likeness (QED) is 0.799. The number of benzene rings is 2. The van der Waals surface area contributed by atoms with E-state index in [9.17, 15) is 8.42 Å². The number of oxazole rings is 1. The maximum atomic E-state index is 12.5. The third-order valence-corrected chi connectivity index (χ3v) is 4.72. The van der Waals surface area contributed by atoms with E-state index in [1.54, 1.807) is 42.5 Å². The van der Waals surface area contributed by atoms with Crippen molar-refractivity contribution in [1.82, 2.24) is 4.98 Å². The van der Waals surface area contributed by atoms with Gasteiger partial charge in [-0.25, -0.2) is 13.4 Å². The zero-order chi connectivity index (χ0) is 15.7. The Balaban J connectivity index is 2.02. The Hall–Kier alpha value is -2.34. The summed E-state index contributed by atoms with van der Waals surface area (Å²) >= 11 is 0. The lowest BCUT2D eigenvalue weighted by atomic mass is 10.2. The van der Waals surface area contributed by atoms with Crippen molar-refractivity contribution in [1.29, 1.82) is 0 Å². The smallest absolute Gasteiger partial charge is 0.261 e. The van der Waals surface area contributed by atoms with Gasteiger partial charge in [0.25, 0.3) is 10.0 Å². The molecule has 1 N–H and O–H groups in total. The van der Waals surface area contributed by atoms with Crippen LogP contribution in [-0.4, -0.2) is 13.4 Å². The molecule has 0 radical (unpaired) electrons. The first-order chi connectivity index (χ1) is 10.5. The molecule has 3 rings (SSSR count). The molecule has 0 unspecified atom stereocenters. The molecule has 5 nitrogen and oxygen atoms in total. The number of para-hydroxylation sites is 1. The summed E-state index contributed by atoms with van der Waals surface area (Å²) in [7, 11) is -3.65. The van der Waals surface area contributed by atoms with Gasteiger partial charge in [0, 0.05) is 6.42 Å². The zero-order valence-corrected chi connectivity index (χ0v) is 13.1. The molecule has 1 heterocycles. The van der Waals surface area contributed by atoms with Crippen LogP contribution in [0.15, 0.2) is 51.8 Å². The van der Waals surface area contributed by atoms with Gasteiger partial charge in [-0.3, -0.25) is 4.72 Å². The zero-order valence-electron chi connectivity index (χ0n) is 12.3. The molecule has 0 aliphatic heterocycles. The molecule has 0 amide bonds. The van der Waals surface area contributed by atoms with Crippen LogP contribution in [0.25, 0.3) is 11.1 Å². The van der Waals surface area contributed by atoms with Gasteiger partial charge in [0.1, 0.15) is 5.52 Å². The van der Waals surface area contributed by atoms with Crippen LogP contribution in [0.5, 0.6) is 0 Å². The number of nitrogens with zero attached hydrogens (tertiary/aromatic N) is 1. The minimum absolute atomic E-state index is 0.217. The largest absolute Gasteiger partial charge is 0.441 e. The molecule has 0 fully saturated rings. The molecular formula is C16H16N2O3S. The van der Waals surface area contributed by atoms with Crippen molar-refractivity contribution >= 4 is 26.8 Å². The molecule has 0 spiro atoms. The van der Waals surface area contributed by atoms with Gasteiger partial charge in [-0.15, -0.1) is 0 Å². The Bertz CT molecular complexity index is 912. The fourth-order valence-corrected chi connectivity index (χ4v) is 3.22. The average molecular weight is 316 g/mol. The van der Waals surface area contributed by atoms with E-state index in [0.717, 1.165) is 5.56 Å². The van der Waals surface area contributed by atoms with Crippen LogP contribution >= 0.6 is 0 Å². The predicted octanol–water partition coefficient (Wildman–Crippen LogP) is 3.50. The summed E-state index contributed by atoms with van der Waals surface area (Å²) in [6.07, 6.45) is 0.652. The Morgan fingerprint density at radius 3 is 2.55 bits per heavy atom. The number of sulfonamides is 1. The van der Waals surface area contributed by atoms with Crippen LogP contribution < -0.4 is 4.72 Å². The Kier molecular flexibility index (Phi) is 3.62. The van der Waals surface area contributed by atoms with E-state index in [0.29, 0.717) is 29.1 Å². The number of hydrogen-bond donors (Lipinski definition) is 1. The first kappa shape index (κ1) is 14.6. The van der Waals surface area contributed by atoms with Crippen LogP contribution in [0.2, 0.25) is 0 Å². The number of hydrogen-bond acceptors (Lipinski definition) is 4. The number of fused-ring (bicyclic) bond motifs is 1. The lowest BCUT2D eigenvalue weighted by Crippen LogP contribution is -2.13. The highest BCUT2D eigenvalue weighted by Crippen LogP contribution is 2.26. The second kappa shape index (κ2) is 5.46. The average Bonchev–Trinajstić information content (AvgIpc) is 2.92. The van der Waals surface area contributed by atoms with E-state index in [1.807, 2.05) is 13.8 Å². The minimum atomic E-state index is -3.65. The summed E-state index contributed by atoms with van der Waals surface area (Å²) in [5, 5.41) is 0. The summed E-state index contributed by atoms with van der Waals surface area (Å²) in [4.78, 5) is 4.55. The Labute approximate surface area is 129 Å². The van der Waals surface area contributed by atoms with Crippen molar-refractivity contribution in [3.8, 4) is 0 Å². The van der Waals surface area contributed by atoms with Gasteiger partial charge in [-0.1, -0.05) is 30.7 Å². The molecule has 1 aromatic heterocycles. The van der Waals surface area contributed by atoms with Crippen molar-refractivity contribution in [3.05, 3.63) is 53.9 Å². The van der Waals surface area contributed by atoms with Crippen LogP contribution in [-0.2, 0) is 16.4 Å². The Morgan fingerprint density at radius 1 is 1.14 bits per heavy atom. The van der Waals surface area contributed by atoms with Gasteiger partial charge in [-0.2, -0.15) is 0 Å². The van der Waals surface area contributed by atoms with Crippen LogP contribution in [0.3, 0.4) is 0 Å². The van der Waals surface area contributed by atoms with Crippen molar-refractivity contribution in [2.75, 3.05) is 4.72 Å². The molecule has 114 valence electrons. The van der Waals surface area contributed by atoms with E-state index >= 15 is 0 Å². The normalized spacial score (nSPS) is 11.7. The van der Waals surface area contributed by atoms with Gasteiger partial charge in [0.2, 0.25) is 0 Å². The highest BCUT2D eigenvalue weighted by Gasteiger charge is 2.17. The Morgan fingerprint density at radius 2 is 1.86 bits per heavy atom. The van der Waals surface area contributed by atoms with Gasteiger partial charge in [-0.05, 0) is 31.2 Å². The fourth-order valence-electron chi connectivity index (χ4n) is 2.15. The van der Waals surface area contributed by atoms with E-state index in [4.69, 9.17) is 4.42 Å². The maximum absolute atomic E-state index is 12.5. The molecule has 0 saturated heterocycles. The van der Waals surface area contributed by atoms with Gasteiger partial charge < -0.3 is 4.42 Å². The summed E-state index contributed by atoms with van der Waals surface area (Å²) < 4.78 is 33.1. The highest BCUT2D eigenvalue weighted by atomic mass is 32.2. The number of rotatable bonds is 4. The third kappa shape index (κ3) is 2.69. The summed E-state index contributed by atoms with van der Waals surface area (Å²) in [6, 6.07) is 11.9. The molecule has 22 heavy (non-hydrogen) atoms. The topological polar surface area (TPSA) is 72.2 Å². The lowest BCUT2D eigenvalue weighted by molar-refractivity contribution is 0.538. The van der Waals surface area contributed by atoms with Crippen LogP contribution in [0, 0.1) is 6.92 Å². The molecule has 0 saturated carbocycles. The number of nitrogens with one attached hydrogen (secondary N) is 1. The summed E-state index contributed by atoms with van der Waals surface area (Å²) in [6.45, 7) is 3.84.